The van der Waals surface area contributed by atoms with E-state index in [-0.39, 0.29) is 18.5 Å². The van der Waals surface area contributed by atoms with Gasteiger partial charge < -0.3 is 19.8 Å². The summed E-state index contributed by atoms with van der Waals surface area (Å²) in [6.45, 7) is 4.06. The quantitative estimate of drug-likeness (QED) is 0.234. The second-order valence-electron chi connectivity index (χ2n) is 10.3. The molecule has 0 amide bonds. The van der Waals surface area contributed by atoms with Gasteiger partial charge in [-0.05, 0) is 99.1 Å². The summed E-state index contributed by atoms with van der Waals surface area (Å²) in [5.74, 6) is 1.90. The summed E-state index contributed by atoms with van der Waals surface area (Å²) in [6.07, 6.45) is 10.1. The minimum absolute atomic E-state index is 0.204. The van der Waals surface area contributed by atoms with Crippen molar-refractivity contribution in [3.63, 3.8) is 0 Å². The first-order valence-electron chi connectivity index (χ1n) is 12.8. The average molecular weight is 488 g/mol. The number of fused-ring (bicyclic) bond motifs is 2. The van der Waals surface area contributed by atoms with Gasteiger partial charge in [0.2, 0.25) is 0 Å². The monoisotopic (exact) mass is 487 g/mol. The van der Waals surface area contributed by atoms with Crippen LogP contribution >= 0.6 is 12.2 Å². The normalized spacial score (nSPS) is 27.3. The van der Waals surface area contributed by atoms with Crippen LogP contribution in [0.2, 0.25) is 0 Å². The van der Waals surface area contributed by atoms with E-state index in [1.165, 1.54) is 37.0 Å². The van der Waals surface area contributed by atoms with Gasteiger partial charge >= 0.3 is 0 Å². The summed E-state index contributed by atoms with van der Waals surface area (Å²) in [5, 5.41) is 20.5. The van der Waals surface area contributed by atoms with Crippen LogP contribution in [0.15, 0.2) is 47.2 Å². The third-order valence-electron chi connectivity index (χ3n) is 7.86. The molecule has 1 aromatic carbocycles. The molecule has 1 aliphatic heterocycles. The second kappa shape index (κ2) is 11.3. The van der Waals surface area contributed by atoms with Crippen LogP contribution in [0.1, 0.15) is 83.3 Å². The first kappa shape index (κ1) is 25.3. The Morgan fingerprint density at radius 2 is 2.06 bits per heavy atom. The molecule has 0 aromatic heterocycles. The molecule has 0 radical (unpaired) electrons. The predicted molar refractivity (Wildman–Crippen MR) is 137 cm³/mol. The number of rotatable bonds is 10. The lowest BCUT2D eigenvalue weighted by atomic mass is 9.93. The zero-order chi connectivity index (χ0) is 24.2. The molecular formula is C28H38FNO3S. The van der Waals surface area contributed by atoms with Gasteiger partial charge in [-0.15, -0.1) is 0 Å². The van der Waals surface area contributed by atoms with Gasteiger partial charge in [-0.3, -0.25) is 0 Å². The van der Waals surface area contributed by atoms with Crippen molar-refractivity contribution >= 4 is 17.2 Å². The number of nitrogens with zero attached hydrogens (tertiary/aromatic N) is 1. The maximum Gasteiger partial charge on any atom is 0.149 e. The van der Waals surface area contributed by atoms with Crippen molar-refractivity contribution in [2.45, 2.75) is 90.0 Å². The lowest BCUT2D eigenvalue weighted by Gasteiger charge is -2.39. The molecule has 3 aliphatic rings. The Kier molecular flexibility index (Phi) is 8.43. The first-order chi connectivity index (χ1) is 16.4. The number of aliphatic hydroxyl groups excluding tert-OH is 2. The number of benzene rings is 1. The Bertz CT molecular complexity index is 945. The highest BCUT2D eigenvalue weighted by Gasteiger charge is 2.44. The van der Waals surface area contributed by atoms with E-state index in [1.54, 1.807) is 6.07 Å². The van der Waals surface area contributed by atoms with E-state index in [0.717, 1.165) is 59.9 Å². The van der Waals surface area contributed by atoms with Crippen molar-refractivity contribution < 1.29 is 19.3 Å². The van der Waals surface area contributed by atoms with Gasteiger partial charge in [0.1, 0.15) is 23.9 Å². The maximum atomic E-state index is 13.8. The van der Waals surface area contributed by atoms with Gasteiger partial charge in [0.25, 0.3) is 0 Å². The fourth-order valence-corrected chi connectivity index (χ4v) is 6.36. The van der Waals surface area contributed by atoms with E-state index in [9.17, 15) is 9.50 Å². The molecule has 1 aromatic rings. The molecule has 5 atom stereocenters. The maximum absolute atomic E-state index is 13.8. The van der Waals surface area contributed by atoms with E-state index in [4.69, 9.17) is 22.1 Å². The molecule has 2 bridgehead atoms. The molecule has 0 spiro atoms. The van der Waals surface area contributed by atoms with Gasteiger partial charge in [0.05, 0.1) is 4.99 Å². The molecule has 4 nitrogen and oxygen atoms in total. The second-order valence-corrected chi connectivity index (χ2v) is 10.9. The Morgan fingerprint density at radius 3 is 2.71 bits per heavy atom. The van der Waals surface area contributed by atoms with Crippen molar-refractivity contribution in [1.82, 2.24) is 4.90 Å². The van der Waals surface area contributed by atoms with E-state index in [1.807, 2.05) is 30.9 Å². The highest BCUT2D eigenvalue weighted by Crippen LogP contribution is 2.47. The van der Waals surface area contributed by atoms with Gasteiger partial charge in [-0.25, -0.2) is 4.39 Å². The molecule has 34 heavy (non-hydrogen) atoms. The fourth-order valence-electron chi connectivity index (χ4n) is 6.12. The fraction of sp³-hybridized carbons (Fsp3) is 0.607. The Hall–Kier alpha value is -1.76. The van der Waals surface area contributed by atoms with Crippen molar-refractivity contribution in [3.8, 4) is 0 Å². The zero-order valence-electron chi connectivity index (χ0n) is 20.4. The summed E-state index contributed by atoms with van der Waals surface area (Å²) in [5.41, 5.74) is 2.83. The molecule has 5 unspecified atom stereocenters. The smallest absolute Gasteiger partial charge is 0.149 e. The standard InChI is InChI=1S/C28H38FNO3S/c1-18(28(32)30(19(2)34)25-15-20-10-11-21(25)14-20)13-26-23(7-4-3-5-12-31)17-27(33-26)22-8-6-9-24(29)16-22/h6,8-9,13,16,20-21,25,27-28,31-32H,3-5,7,10-12,14-15,17H2,1-2H3/b18-13+. The molecule has 2 N–H and O–H groups in total. The van der Waals surface area contributed by atoms with Crippen LogP contribution in [-0.2, 0) is 4.74 Å². The lowest BCUT2D eigenvalue weighted by Crippen LogP contribution is -2.48. The number of aliphatic hydroxyl groups is 2. The van der Waals surface area contributed by atoms with Crippen LogP contribution in [0.5, 0.6) is 0 Å². The number of hydrogen-bond donors (Lipinski definition) is 2. The summed E-state index contributed by atoms with van der Waals surface area (Å²) in [6, 6.07) is 6.91. The van der Waals surface area contributed by atoms with Gasteiger partial charge in [0, 0.05) is 19.1 Å². The number of thiocarbonyl (C=S) groups is 1. The topological polar surface area (TPSA) is 52.9 Å². The van der Waals surface area contributed by atoms with Crippen LogP contribution < -0.4 is 0 Å². The molecule has 1 heterocycles. The Morgan fingerprint density at radius 1 is 1.24 bits per heavy atom. The van der Waals surface area contributed by atoms with Crippen LogP contribution in [0.25, 0.3) is 0 Å². The summed E-state index contributed by atoms with van der Waals surface area (Å²) < 4.78 is 20.2. The molecular weight excluding hydrogens is 449 g/mol. The number of hydrogen-bond acceptors (Lipinski definition) is 4. The number of ether oxygens (including phenoxy) is 1. The van der Waals surface area contributed by atoms with E-state index < -0.39 is 6.23 Å². The van der Waals surface area contributed by atoms with Gasteiger partial charge in [-0.1, -0.05) is 37.2 Å². The Labute approximate surface area is 208 Å². The molecule has 6 heteroatoms. The van der Waals surface area contributed by atoms with Crippen LogP contribution in [0.4, 0.5) is 4.39 Å². The van der Waals surface area contributed by atoms with Crippen molar-refractivity contribution in [3.05, 3.63) is 58.6 Å². The van der Waals surface area contributed by atoms with Crippen molar-refractivity contribution in [2.24, 2.45) is 11.8 Å². The SMILES string of the molecule is CC(=S)N(C(O)/C(C)=C/C1=C(CCCCCO)CC(c2cccc(F)c2)O1)C1CC2CCC1C2. The first-order valence-corrected chi connectivity index (χ1v) is 13.2. The highest BCUT2D eigenvalue weighted by molar-refractivity contribution is 7.80. The van der Waals surface area contributed by atoms with E-state index >= 15 is 0 Å². The van der Waals surface area contributed by atoms with Crippen LogP contribution in [0, 0.1) is 17.7 Å². The van der Waals surface area contributed by atoms with Gasteiger partial charge in [-0.2, -0.15) is 0 Å². The van der Waals surface area contributed by atoms with E-state index in [2.05, 4.69) is 0 Å². The van der Waals surface area contributed by atoms with E-state index in [0.29, 0.717) is 18.4 Å². The Balaban J connectivity index is 1.53. The van der Waals surface area contributed by atoms with Gasteiger partial charge in [0.15, 0.2) is 0 Å². The van der Waals surface area contributed by atoms with Crippen molar-refractivity contribution in [1.29, 1.82) is 0 Å². The van der Waals surface area contributed by atoms with Crippen molar-refractivity contribution in [2.75, 3.05) is 6.61 Å². The lowest BCUT2D eigenvalue weighted by molar-refractivity contribution is 0.0403. The minimum Gasteiger partial charge on any atom is -0.485 e. The molecule has 4 rings (SSSR count). The number of allylic oxidation sites excluding steroid dienone is 1. The van der Waals surface area contributed by atoms with Crippen LogP contribution in [0.3, 0.4) is 0 Å². The van der Waals surface area contributed by atoms with Crippen LogP contribution in [-0.4, -0.2) is 39.0 Å². The summed E-state index contributed by atoms with van der Waals surface area (Å²) in [7, 11) is 0. The molecule has 2 fully saturated rings. The summed E-state index contributed by atoms with van der Waals surface area (Å²) in [4.78, 5) is 2.78. The minimum atomic E-state index is -0.776. The third-order valence-corrected chi connectivity index (χ3v) is 8.07. The number of unbranched alkanes of at least 4 members (excludes halogenated alkanes) is 2. The average Bonchev–Trinajstić information content (AvgIpc) is 3.53. The third kappa shape index (κ3) is 5.72. The molecule has 2 aliphatic carbocycles. The largest absolute Gasteiger partial charge is 0.485 e. The highest BCUT2D eigenvalue weighted by atomic mass is 32.1. The molecule has 0 saturated heterocycles. The number of halogens is 1. The molecule has 2 saturated carbocycles. The molecule has 186 valence electrons. The summed E-state index contributed by atoms with van der Waals surface area (Å²) >= 11 is 5.59. The zero-order valence-corrected chi connectivity index (χ0v) is 21.2. The predicted octanol–water partition coefficient (Wildman–Crippen LogP) is 6.20.